The molecule has 0 saturated heterocycles. The molecule has 0 bridgehead atoms. The fourth-order valence-electron chi connectivity index (χ4n) is 3.24. The van der Waals surface area contributed by atoms with Crippen molar-refractivity contribution in [2.24, 2.45) is 0 Å². The van der Waals surface area contributed by atoms with Crippen molar-refractivity contribution in [1.82, 2.24) is 9.55 Å². The number of carbonyl (C=O) groups is 2. The van der Waals surface area contributed by atoms with Crippen LogP contribution in [0.3, 0.4) is 0 Å². The van der Waals surface area contributed by atoms with Crippen LogP contribution in [0.1, 0.15) is 28.4 Å². The molecule has 2 heterocycles. The molecule has 6 nitrogen and oxygen atoms in total. The third kappa shape index (κ3) is 3.78. The summed E-state index contributed by atoms with van der Waals surface area (Å²) >= 11 is 1.41. The van der Waals surface area contributed by atoms with Gasteiger partial charge in [-0.2, -0.15) is 0 Å². The number of carbonyl (C=O) groups excluding carboxylic acids is 2. The van der Waals surface area contributed by atoms with Crippen molar-refractivity contribution >= 4 is 29.1 Å². The monoisotopic (exact) mass is 407 g/mol. The van der Waals surface area contributed by atoms with Gasteiger partial charge in [0.15, 0.2) is 17.5 Å². The van der Waals surface area contributed by atoms with E-state index in [1.54, 1.807) is 24.4 Å². The number of rotatable bonds is 5. The zero-order valence-corrected chi connectivity index (χ0v) is 17.2. The van der Waals surface area contributed by atoms with Gasteiger partial charge in [0.1, 0.15) is 5.75 Å². The van der Waals surface area contributed by atoms with Gasteiger partial charge in [0.05, 0.1) is 16.6 Å². The summed E-state index contributed by atoms with van der Waals surface area (Å²) in [5.41, 5.74) is 4.49. The van der Waals surface area contributed by atoms with Crippen LogP contribution in [-0.4, -0.2) is 33.1 Å². The molecule has 1 aliphatic heterocycles. The predicted octanol–water partition coefficient (Wildman–Crippen LogP) is 4.18. The Morgan fingerprint density at radius 2 is 2.10 bits per heavy atom. The van der Waals surface area contributed by atoms with Crippen molar-refractivity contribution in [3.63, 3.8) is 0 Å². The lowest BCUT2D eigenvalue weighted by Gasteiger charge is -2.19. The summed E-state index contributed by atoms with van der Waals surface area (Å²) in [5.74, 6) is 0.320. The highest BCUT2D eigenvalue weighted by Gasteiger charge is 2.23. The molecule has 0 saturated carbocycles. The number of imidazole rings is 1. The minimum atomic E-state index is -0.348. The predicted molar refractivity (Wildman–Crippen MR) is 113 cm³/mol. The number of amides is 1. The smallest absolute Gasteiger partial charge is 0.262 e. The number of thioether (sulfide) groups is 1. The normalized spacial score (nSPS) is 14.0. The maximum absolute atomic E-state index is 13.0. The lowest BCUT2D eigenvalue weighted by Crippen LogP contribution is -2.25. The number of hydrogen-bond donors (Lipinski definition) is 1. The molecule has 0 fully saturated rings. The molecule has 4 rings (SSSR count). The molecular formula is C22H21N3O3S. The number of ether oxygens (including phenoxy) is 1. The van der Waals surface area contributed by atoms with Gasteiger partial charge in [-0.25, -0.2) is 4.98 Å². The van der Waals surface area contributed by atoms with Gasteiger partial charge in [-0.1, -0.05) is 23.9 Å². The second-order valence-electron chi connectivity index (χ2n) is 6.97. The van der Waals surface area contributed by atoms with Crippen molar-refractivity contribution in [2.75, 3.05) is 11.9 Å². The van der Waals surface area contributed by atoms with E-state index < -0.39 is 0 Å². The third-order valence-electron chi connectivity index (χ3n) is 4.99. The van der Waals surface area contributed by atoms with E-state index in [9.17, 15) is 9.59 Å². The Morgan fingerprint density at radius 1 is 1.28 bits per heavy atom. The van der Waals surface area contributed by atoms with Crippen LogP contribution in [0.25, 0.3) is 5.69 Å². The minimum Gasteiger partial charge on any atom is -0.482 e. The molecule has 2 aromatic carbocycles. The van der Waals surface area contributed by atoms with E-state index in [1.165, 1.54) is 22.9 Å². The fourth-order valence-corrected chi connectivity index (χ4v) is 4.19. The molecule has 7 heteroatoms. The van der Waals surface area contributed by atoms with Crippen molar-refractivity contribution in [3.8, 4) is 11.4 Å². The second kappa shape index (κ2) is 7.75. The zero-order chi connectivity index (χ0) is 20.5. The Hall–Kier alpha value is -3.06. The molecule has 1 N–H and O–H groups in total. The molecule has 3 aromatic rings. The Balaban J connectivity index is 1.56. The number of ketones is 1. The van der Waals surface area contributed by atoms with Crippen molar-refractivity contribution in [3.05, 3.63) is 65.5 Å². The third-order valence-corrected chi connectivity index (χ3v) is 6.07. The molecule has 0 radical (unpaired) electrons. The maximum Gasteiger partial charge on any atom is 0.262 e. The summed E-state index contributed by atoms with van der Waals surface area (Å²) < 4.78 is 7.37. The largest absolute Gasteiger partial charge is 0.482 e. The SMILES string of the molecule is Cc1cccc(-n2ccnc2SC(C)C(=O)c2ccc3c(c2)NC(=O)CO3)c1C. The van der Waals surface area contributed by atoms with Crippen LogP contribution in [-0.2, 0) is 4.79 Å². The van der Waals surface area contributed by atoms with E-state index in [4.69, 9.17) is 4.74 Å². The standard InChI is InChI=1S/C22H21N3O3S/c1-13-5-4-6-18(14(13)2)25-10-9-23-22(25)29-15(3)21(27)16-7-8-19-17(11-16)24-20(26)12-28-19/h4-11,15H,12H2,1-3H3,(H,24,26). The summed E-state index contributed by atoms with van der Waals surface area (Å²) in [6, 6.07) is 11.3. The molecule has 1 aromatic heterocycles. The lowest BCUT2D eigenvalue weighted by atomic mass is 10.1. The highest BCUT2D eigenvalue weighted by Crippen LogP contribution is 2.32. The molecular weight excluding hydrogens is 386 g/mol. The van der Waals surface area contributed by atoms with Crippen LogP contribution in [0, 0.1) is 13.8 Å². The van der Waals surface area contributed by atoms with Gasteiger partial charge in [0.2, 0.25) is 0 Å². The molecule has 1 atom stereocenters. The number of nitrogens with one attached hydrogen (secondary N) is 1. The van der Waals surface area contributed by atoms with Gasteiger partial charge in [0, 0.05) is 18.0 Å². The van der Waals surface area contributed by atoms with Crippen LogP contribution in [0.5, 0.6) is 5.75 Å². The van der Waals surface area contributed by atoms with Gasteiger partial charge in [-0.15, -0.1) is 0 Å². The first-order chi connectivity index (χ1) is 13.9. The number of Topliss-reactive ketones (excluding diaryl/α,β-unsaturated/α-hetero) is 1. The van der Waals surface area contributed by atoms with Crippen LogP contribution >= 0.6 is 11.8 Å². The molecule has 29 heavy (non-hydrogen) atoms. The quantitative estimate of drug-likeness (QED) is 0.507. The van der Waals surface area contributed by atoms with Gasteiger partial charge in [-0.05, 0) is 56.2 Å². The number of hydrogen-bond acceptors (Lipinski definition) is 5. The Bertz CT molecular complexity index is 1110. The second-order valence-corrected chi connectivity index (χ2v) is 8.28. The van der Waals surface area contributed by atoms with Gasteiger partial charge in [0.25, 0.3) is 5.91 Å². The number of fused-ring (bicyclic) bond motifs is 1. The highest BCUT2D eigenvalue weighted by atomic mass is 32.2. The van der Waals surface area contributed by atoms with E-state index in [0.29, 0.717) is 17.0 Å². The van der Waals surface area contributed by atoms with Crippen LogP contribution in [0.4, 0.5) is 5.69 Å². The molecule has 1 unspecified atom stereocenters. The fraction of sp³-hybridized carbons (Fsp3) is 0.227. The highest BCUT2D eigenvalue weighted by molar-refractivity contribution is 8.00. The van der Waals surface area contributed by atoms with E-state index in [0.717, 1.165) is 10.8 Å². The first-order valence-corrected chi connectivity index (χ1v) is 10.2. The van der Waals surface area contributed by atoms with E-state index in [-0.39, 0.29) is 23.5 Å². The van der Waals surface area contributed by atoms with E-state index in [1.807, 2.05) is 29.8 Å². The van der Waals surface area contributed by atoms with Crippen molar-refractivity contribution in [1.29, 1.82) is 0 Å². The van der Waals surface area contributed by atoms with E-state index in [2.05, 4.69) is 30.2 Å². The number of nitrogens with zero attached hydrogens (tertiary/aromatic N) is 2. The molecule has 0 aliphatic carbocycles. The van der Waals surface area contributed by atoms with Crippen LogP contribution in [0.2, 0.25) is 0 Å². The Labute approximate surface area is 173 Å². The summed E-state index contributed by atoms with van der Waals surface area (Å²) in [5, 5.41) is 3.15. The number of aromatic nitrogens is 2. The van der Waals surface area contributed by atoms with Gasteiger partial charge in [-0.3, -0.25) is 14.2 Å². The average molecular weight is 407 g/mol. The summed E-state index contributed by atoms with van der Waals surface area (Å²) in [6.45, 7) is 6.02. The number of anilines is 1. The Kier molecular flexibility index (Phi) is 5.15. The minimum absolute atomic E-state index is 0.00637. The molecule has 0 spiro atoms. The zero-order valence-electron chi connectivity index (χ0n) is 16.4. The Morgan fingerprint density at radius 3 is 2.93 bits per heavy atom. The topological polar surface area (TPSA) is 73.2 Å². The lowest BCUT2D eigenvalue weighted by molar-refractivity contribution is -0.118. The summed E-state index contributed by atoms with van der Waals surface area (Å²) in [7, 11) is 0. The van der Waals surface area contributed by atoms with Crippen molar-refractivity contribution < 1.29 is 14.3 Å². The molecule has 1 amide bonds. The summed E-state index contributed by atoms with van der Waals surface area (Å²) in [6.07, 6.45) is 3.65. The van der Waals surface area contributed by atoms with E-state index >= 15 is 0 Å². The van der Waals surface area contributed by atoms with Gasteiger partial charge < -0.3 is 10.1 Å². The maximum atomic E-state index is 13.0. The van der Waals surface area contributed by atoms with Crippen molar-refractivity contribution in [2.45, 2.75) is 31.2 Å². The first-order valence-electron chi connectivity index (χ1n) is 9.31. The van der Waals surface area contributed by atoms with Gasteiger partial charge >= 0.3 is 0 Å². The number of benzene rings is 2. The van der Waals surface area contributed by atoms with Crippen LogP contribution < -0.4 is 10.1 Å². The average Bonchev–Trinajstić information content (AvgIpc) is 3.16. The number of aryl methyl sites for hydroxylation is 1. The molecule has 148 valence electrons. The van der Waals surface area contributed by atoms with Crippen LogP contribution in [0.15, 0.2) is 53.9 Å². The first kappa shape index (κ1) is 19.3. The molecule has 1 aliphatic rings. The summed E-state index contributed by atoms with van der Waals surface area (Å²) in [4.78, 5) is 29.0.